The molecule has 0 aliphatic heterocycles. The van der Waals surface area contributed by atoms with Crippen molar-refractivity contribution in [3.05, 3.63) is 77.8 Å². The van der Waals surface area contributed by atoms with Crippen molar-refractivity contribution in [2.24, 2.45) is 7.05 Å². The molecule has 31 heavy (non-hydrogen) atoms. The molecule has 0 spiro atoms. The minimum Gasteiger partial charge on any atom is -0.507 e. The molecular formula is C26H29FN2O2. The van der Waals surface area contributed by atoms with Gasteiger partial charge in [0.25, 0.3) is 0 Å². The zero-order valence-electron chi connectivity index (χ0n) is 18.4. The Morgan fingerprint density at radius 2 is 2.06 bits per heavy atom. The van der Waals surface area contributed by atoms with E-state index in [0.717, 1.165) is 41.4 Å². The van der Waals surface area contributed by atoms with E-state index in [1.54, 1.807) is 19.3 Å². The highest BCUT2D eigenvalue weighted by atomic mass is 19.1. The first-order valence-corrected chi connectivity index (χ1v) is 10.5. The molecule has 1 aliphatic rings. The maximum atomic E-state index is 15.0. The van der Waals surface area contributed by atoms with Gasteiger partial charge in [0.1, 0.15) is 17.3 Å². The van der Waals surface area contributed by atoms with E-state index in [0.29, 0.717) is 29.0 Å². The molecule has 0 saturated heterocycles. The molecule has 4 rings (SSSR count). The lowest BCUT2D eigenvalue weighted by atomic mass is 9.71. The molecule has 5 heteroatoms. The van der Waals surface area contributed by atoms with E-state index in [1.807, 2.05) is 42.8 Å². The maximum Gasteiger partial charge on any atom is 0.131 e. The molecule has 0 radical (unpaired) electrons. The predicted octanol–water partition coefficient (Wildman–Crippen LogP) is 5.71. The molecule has 0 atom stereocenters. The number of ether oxygens (including phenoxy) is 1. The van der Waals surface area contributed by atoms with Crippen molar-refractivity contribution in [1.29, 1.82) is 0 Å². The Morgan fingerprint density at radius 3 is 2.65 bits per heavy atom. The molecule has 2 N–H and O–H groups in total. The summed E-state index contributed by atoms with van der Waals surface area (Å²) in [5, 5.41) is 14.9. The summed E-state index contributed by atoms with van der Waals surface area (Å²) in [6.07, 6.45) is 5.13. The summed E-state index contributed by atoms with van der Waals surface area (Å²) < 4.78 is 22.4. The second kappa shape index (κ2) is 7.80. The molecule has 0 unspecified atom stereocenters. The molecule has 3 aromatic rings. The van der Waals surface area contributed by atoms with Crippen LogP contribution < -0.4 is 10.1 Å². The topological polar surface area (TPSA) is 46.4 Å². The number of phenols is 1. The van der Waals surface area contributed by atoms with Gasteiger partial charge in [-0.2, -0.15) is 0 Å². The molecule has 2 aromatic carbocycles. The van der Waals surface area contributed by atoms with E-state index in [1.165, 1.54) is 0 Å². The van der Waals surface area contributed by atoms with E-state index in [2.05, 4.69) is 18.5 Å². The minimum absolute atomic E-state index is 0.200. The highest BCUT2D eigenvalue weighted by Crippen LogP contribution is 2.45. The van der Waals surface area contributed by atoms with Gasteiger partial charge < -0.3 is 19.7 Å². The van der Waals surface area contributed by atoms with Crippen LogP contribution in [0.4, 0.5) is 4.39 Å². The molecule has 1 heterocycles. The van der Waals surface area contributed by atoms with Crippen LogP contribution in [0.25, 0.3) is 16.6 Å². The molecule has 0 amide bonds. The van der Waals surface area contributed by atoms with Gasteiger partial charge in [-0.15, -0.1) is 6.58 Å². The van der Waals surface area contributed by atoms with Crippen LogP contribution in [-0.2, 0) is 19.0 Å². The van der Waals surface area contributed by atoms with Gasteiger partial charge in [0.2, 0.25) is 0 Å². The molecule has 4 nitrogen and oxygen atoms in total. The normalized spacial score (nSPS) is 14.8. The lowest BCUT2D eigenvalue weighted by molar-refractivity contribution is 0.208. The first-order chi connectivity index (χ1) is 14.8. The van der Waals surface area contributed by atoms with Gasteiger partial charge in [-0.25, -0.2) is 4.39 Å². The highest BCUT2D eigenvalue weighted by Gasteiger charge is 2.41. The van der Waals surface area contributed by atoms with Crippen molar-refractivity contribution in [3.8, 4) is 11.5 Å². The monoisotopic (exact) mass is 420 g/mol. The Morgan fingerprint density at radius 1 is 1.32 bits per heavy atom. The van der Waals surface area contributed by atoms with Crippen molar-refractivity contribution in [3.63, 3.8) is 0 Å². The number of hydrogen-bond donors (Lipinski definition) is 2. The van der Waals surface area contributed by atoms with Crippen molar-refractivity contribution in [2.75, 3.05) is 7.11 Å². The smallest absolute Gasteiger partial charge is 0.131 e. The number of phenolic OH excluding ortho intramolecular Hbond substituents is 1. The Kier molecular flexibility index (Phi) is 5.29. The van der Waals surface area contributed by atoms with Gasteiger partial charge in [-0.3, -0.25) is 0 Å². The third kappa shape index (κ3) is 3.38. The molecule has 162 valence electrons. The van der Waals surface area contributed by atoms with E-state index in [9.17, 15) is 5.11 Å². The van der Waals surface area contributed by atoms with E-state index in [4.69, 9.17) is 4.74 Å². The fraction of sp³-hybridized carbons (Fsp3) is 0.308. The summed E-state index contributed by atoms with van der Waals surface area (Å²) in [6.45, 7) is 9.82. The Hall–Kier alpha value is -3.21. The molecule has 1 fully saturated rings. The summed E-state index contributed by atoms with van der Waals surface area (Å²) in [6, 6.07) is 9.29. The van der Waals surface area contributed by atoms with Gasteiger partial charge in [0.15, 0.2) is 0 Å². The van der Waals surface area contributed by atoms with Crippen LogP contribution in [0.3, 0.4) is 0 Å². The van der Waals surface area contributed by atoms with E-state index in [-0.39, 0.29) is 11.6 Å². The number of halogens is 1. The third-order valence-electron chi connectivity index (χ3n) is 6.58. The average Bonchev–Trinajstić information content (AvgIpc) is 3.05. The van der Waals surface area contributed by atoms with Crippen molar-refractivity contribution in [2.45, 2.75) is 38.1 Å². The molecule has 1 aromatic heterocycles. The first kappa shape index (κ1) is 21.0. The van der Waals surface area contributed by atoms with Gasteiger partial charge in [-0.1, -0.05) is 24.8 Å². The molecular weight excluding hydrogens is 391 g/mol. The standard InChI is InChI=1S/C26H29FN2O2/c1-6-8-18-9-10-20(21(27)13-18)26(11-7-12-26)28-17(3)22-14-19-23(29(22)4)15-24(31-5)16(2)25(19)30/h6,9-10,13-15,28,30H,1,3,7-8,11-12H2,2,4-5H3. The summed E-state index contributed by atoms with van der Waals surface area (Å²) in [7, 11) is 3.52. The third-order valence-corrected chi connectivity index (χ3v) is 6.58. The second-order valence-electron chi connectivity index (χ2n) is 8.42. The summed E-state index contributed by atoms with van der Waals surface area (Å²) >= 11 is 0. The van der Waals surface area contributed by atoms with Crippen LogP contribution >= 0.6 is 0 Å². The number of nitrogens with zero attached hydrogens (tertiary/aromatic N) is 1. The second-order valence-corrected chi connectivity index (χ2v) is 8.42. The van der Waals surface area contributed by atoms with Crippen molar-refractivity contribution in [1.82, 2.24) is 9.88 Å². The highest BCUT2D eigenvalue weighted by molar-refractivity contribution is 5.92. The first-order valence-electron chi connectivity index (χ1n) is 10.5. The minimum atomic E-state index is -0.472. The number of fused-ring (bicyclic) bond motifs is 1. The molecule has 1 saturated carbocycles. The largest absolute Gasteiger partial charge is 0.507 e. The summed E-state index contributed by atoms with van der Waals surface area (Å²) in [5.41, 5.74) is 4.20. The van der Waals surface area contributed by atoms with Gasteiger partial charge >= 0.3 is 0 Å². The van der Waals surface area contributed by atoms with Crippen molar-refractivity contribution >= 4 is 16.6 Å². The van der Waals surface area contributed by atoms with Gasteiger partial charge in [-0.05, 0) is 50.3 Å². The summed E-state index contributed by atoms with van der Waals surface area (Å²) in [5.74, 6) is 0.633. The van der Waals surface area contributed by atoms with E-state index >= 15 is 4.39 Å². The molecule has 1 aliphatic carbocycles. The van der Waals surface area contributed by atoms with Gasteiger partial charge in [0.05, 0.1) is 29.6 Å². The fourth-order valence-corrected chi connectivity index (χ4v) is 4.62. The van der Waals surface area contributed by atoms with Gasteiger partial charge in [0, 0.05) is 29.6 Å². The quantitative estimate of drug-likeness (QED) is 0.482. The Labute approximate surface area is 182 Å². The number of rotatable bonds is 7. The number of aromatic hydroxyl groups is 1. The summed E-state index contributed by atoms with van der Waals surface area (Å²) in [4.78, 5) is 0. The van der Waals surface area contributed by atoms with Crippen LogP contribution in [-0.4, -0.2) is 16.8 Å². The average molecular weight is 421 g/mol. The van der Waals surface area contributed by atoms with Crippen LogP contribution in [0, 0.1) is 12.7 Å². The van der Waals surface area contributed by atoms with Crippen LogP contribution in [0.15, 0.2) is 49.6 Å². The van der Waals surface area contributed by atoms with Crippen LogP contribution in [0.1, 0.15) is 41.6 Å². The number of aryl methyl sites for hydroxylation is 1. The predicted molar refractivity (Wildman–Crippen MR) is 124 cm³/mol. The number of aromatic nitrogens is 1. The molecule has 0 bridgehead atoms. The Balaban J connectivity index is 1.70. The number of nitrogens with one attached hydrogen (secondary N) is 1. The number of methoxy groups -OCH3 is 1. The number of allylic oxidation sites excluding steroid dienone is 1. The van der Waals surface area contributed by atoms with Crippen LogP contribution in [0.2, 0.25) is 0 Å². The number of hydrogen-bond acceptors (Lipinski definition) is 3. The SMILES string of the molecule is C=CCc1ccc(C2(NC(=C)c3cc4c(O)c(C)c(OC)cc4n3C)CCC2)c(F)c1. The zero-order chi connectivity index (χ0) is 22.3. The Bertz CT molecular complexity index is 1190. The van der Waals surface area contributed by atoms with E-state index < -0.39 is 5.54 Å². The lowest BCUT2D eigenvalue weighted by Gasteiger charge is -2.44. The zero-order valence-corrected chi connectivity index (χ0v) is 18.4. The maximum absolute atomic E-state index is 15.0. The fourth-order valence-electron chi connectivity index (χ4n) is 4.62. The van der Waals surface area contributed by atoms with Crippen LogP contribution in [0.5, 0.6) is 11.5 Å². The lowest BCUT2D eigenvalue weighted by Crippen LogP contribution is -2.47. The van der Waals surface area contributed by atoms with Crippen molar-refractivity contribution < 1.29 is 14.2 Å². The number of benzene rings is 2.